The molecule has 8 heteroatoms. The van der Waals surface area contributed by atoms with Gasteiger partial charge in [0.2, 0.25) is 5.91 Å². The lowest BCUT2D eigenvalue weighted by Gasteiger charge is -2.06. The number of anilines is 2. The molecule has 2 amide bonds. The summed E-state index contributed by atoms with van der Waals surface area (Å²) >= 11 is 0. The molecule has 0 unspecified atom stereocenters. The molecular weight excluding hydrogens is 332 g/mol. The summed E-state index contributed by atoms with van der Waals surface area (Å²) in [5, 5.41) is 16.8. The number of carbonyl (C=O) groups excluding carboxylic acids is 2. The molecule has 8 nitrogen and oxygen atoms in total. The van der Waals surface area contributed by atoms with Gasteiger partial charge in [-0.05, 0) is 38.1 Å². The maximum absolute atomic E-state index is 12.5. The van der Waals surface area contributed by atoms with Gasteiger partial charge in [-0.2, -0.15) is 10.2 Å². The van der Waals surface area contributed by atoms with Crippen LogP contribution in [0.25, 0.3) is 11.3 Å². The van der Waals surface area contributed by atoms with E-state index in [9.17, 15) is 9.59 Å². The van der Waals surface area contributed by atoms with Crippen molar-refractivity contribution in [3.8, 4) is 11.3 Å². The van der Waals surface area contributed by atoms with Crippen LogP contribution in [0.15, 0.2) is 30.3 Å². The second-order valence-electron chi connectivity index (χ2n) is 6.05. The number of nitrogens with one attached hydrogen (secondary N) is 3. The van der Waals surface area contributed by atoms with Crippen molar-refractivity contribution in [2.45, 2.75) is 20.8 Å². The van der Waals surface area contributed by atoms with Gasteiger partial charge in [0.1, 0.15) is 5.69 Å². The van der Waals surface area contributed by atoms with E-state index in [0.717, 1.165) is 17.0 Å². The zero-order chi connectivity index (χ0) is 18.8. The number of H-pyrrole nitrogens is 1. The highest BCUT2D eigenvalue weighted by molar-refractivity contribution is 6.04. The Bertz CT molecular complexity index is 985. The van der Waals surface area contributed by atoms with Crippen molar-refractivity contribution >= 4 is 23.2 Å². The number of aromatic amines is 1. The number of aryl methyl sites for hydroxylation is 2. The summed E-state index contributed by atoms with van der Waals surface area (Å²) in [6.45, 7) is 5.29. The second kappa shape index (κ2) is 6.83. The molecule has 0 bridgehead atoms. The standard InChI is InChI=1S/C18H20N6O2/c1-10-17(11(2)24(4)23-10)15-9-16(22-21-15)18(26)20-14-7-5-6-13(8-14)19-12(3)25/h5-9H,1-4H3,(H,19,25)(H,20,26)(H,21,22). The molecule has 0 fully saturated rings. The highest BCUT2D eigenvalue weighted by Gasteiger charge is 2.17. The van der Waals surface area contributed by atoms with Crippen molar-refractivity contribution < 1.29 is 9.59 Å². The summed E-state index contributed by atoms with van der Waals surface area (Å²) in [7, 11) is 1.87. The van der Waals surface area contributed by atoms with Gasteiger partial charge in [0.15, 0.2) is 0 Å². The van der Waals surface area contributed by atoms with E-state index < -0.39 is 0 Å². The van der Waals surface area contributed by atoms with Crippen LogP contribution >= 0.6 is 0 Å². The minimum absolute atomic E-state index is 0.172. The lowest BCUT2D eigenvalue weighted by molar-refractivity contribution is -0.114. The highest BCUT2D eigenvalue weighted by atomic mass is 16.2. The van der Waals surface area contributed by atoms with Gasteiger partial charge < -0.3 is 10.6 Å². The van der Waals surface area contributed by atoms with E-state index in [4.69, 9.17) is 0 Å². The van der Waals surface area contributed by atoms with Gasteiger partial charge >= 0.3 is 0 Å². The average Bonchev–Trinajstić information content (AvgIpc) is 3.12. The normalized spacial score (nSPS) is 10.6. The topological polar surface area (TPSA) is 105 Å². The van der Waals surface area contributed by atoms with Crippen LogP contribution in [0.5, 0.6) is 0 Å². The Kier molecular flexibility index (Phi) is 4.57. The van der Waals surface area contributed by atoms with Gasteiger partial charge in [-0.15, -0.1) is 0 Å². The van der Waals surface area contributed by atoms with E-state index >= 15 is 0 Å². The van der Waals surface area contributed by atoms with Gasteiger partial charge in [-0.1, -0.05) is 6.07 Å². The Morgan fingerprint density at radius 3 is 2.42 bits per heavy atom. The fourth-order valence-corrected chi connectivity index (χ4v) is 2.79. The van der Waals surface area contributed by atoms with Gasteiger partial charge in [0.05, 0.1) is 11.4 Å². The number of hydrogen-bond acceptors (Lipinski definition) is 4. The quantitative estimate of drug-likeness (QED) is 0.671. The maximum atomic E-state index is 12.5. The Balaban J connectivity index is 1.80. The molecule has 0 atom stereocenters. The Hall–Kier alpha value is -3.42. The molecule has 0 radical (unpaired) electrons. The summed E-state index contributed by atoms with van der Waals surface area (Å²) < 4.78 is 1.78. The number of aromatic nitrogens is 4. The third-order valence-corrected chi connectivity index (χ3v) is 4.03. The van der Waals surface area contributed by atoms with Crippen molar-refractivity contribution in [1.29, 1.82) is 0 Å². The van der Waals surface area contributed by atoms with E-state index in [0.29, 0.717) is 22.8 Å². The molecule has 1 aromatic carbocycles. The third kappa shape index (κ3) is 3.49. The largest absolute Gasteiger partial charge is 0.326 e. The maximum Gasteiger partial charge on any atom is 0.273 e. The minimum atomic E-state index is -0.317. The molecule has 0 spiro atoms. The first-order chi connectivity index (χ1) is 12.3. The molecule has 0 aliphatic rings. The highest BCUT2D eigenvalue weighted by Crippen LogP contribution is 2.25. The van der Waals surface area contributed by atoms with Crippen LogP contribution in [-0.2, 0) is 11.8 Å². The lowest BCUT2D eigenvalue weighted by Crippen LogP contribution is -2.13. The van der Waals surface area contributed by atoms with Crippen molar-refractivity contribution in [3.63, 3.8) is 0 Å². The van der Waals surface area contributed by atoms with E-state index in [2.05, 4.69) is 25.9 Å². The van der Waals surface area contributed by atoms with Gasteiger partial charge in [-0.25, -0.2) is 0 Å². The van der Waals surface area contributed by atoms with Crippen LogP contribution in [-0.4, -0.2) is 31.8 Å². The summed E-state index contributed by atoms with van der Waals surface area (Å²) in [5.41, 5.74) is 4.94. The molecule has 3 aromatic rings. The molecule has 0 aliphatic heterocycles. The minimum Gasteiger partial charge on any atom is -0.326 e. The predicted molar refractivity (Wildman–Crippen MR) is 99.0 cm³/mol. The van der Waals surface area contributed by atoms with E-state index in [1.165, 1.54) is 6.92 Å². The Morgan fingerprint density at radius 1 is 1.12 bits per heavy atom. The first-order valence-electron chi connectivity index (χ1n) is 8.10. The van der Waals surface area contributed by atoms with Crippen LogP contribution < -0.4 is 10.6 Å². The van der Waals surface area contributed by atoms with E-state index in [1.54, 1.807) is 35.0 Å². The lowest BCUT2D eigenvalue weighted by atomic mass is 10.1. The molecule has 2 heterocycles. The van der Waals surface area contributed by atoms with Crippen molar-refractivity contribution in [1.82, 2.24) is 20.0 Å². The van der Waals surface area contributed by atoms with Crippen LogP contribution in [0, 0.1) is 13.8 Å². The van der Waals surface area contributed by atoms with Crippen molar-refractivity contribution in [2.75, 3.05) is 10.6 Å². The molecule has 0 aliphatic carbocycles. The second-order valence-corrected chi connectivity index (χ2v) is 6.05. The number of carbonyl (C=O) groups is 2. The predicted octanol–water partition coefficient (Wildman–Crippen LogP) is 2.64. The fraction of sp³-hybridized carbons (Fsp3) is 0.222. The molecule has 2 aromatic heterocycles. The smallest absolute Gasteiger partial charge is 0.273 e. The number of benzene rings is 1. The van der Waals surface area contributed by atoms with Crippen molar-refractivity contribution in [2.24, 2.45) is 7.05 Å². The zero-order valence-electron chi connectivity index (χ0n) is 15.0. The summed E-state index contributed by atoms with van der Waals surface area (Å²) in [6, 6.07) is 8.63. The zero-order valence-corrected chi connectivity index (χ0v) is 15.0. The Labute approximate surface area is 150 Å². The van der Waals surface area contributed by atoms with E-state index in [-0.39, 0.29) is 11.8 Å². The number of hydrogen-bond donors (Lipinski definition) is 3. The molecule has 26 heavy (non-hydrogen) atoms. The fourth-order valence-electron chi connectivity index (χ4n) is 2.79. The number of nitrogens with zero attached hydrogens (tertiary/aromatic N) is 3. The Morgan fingerprint density at radius 2 is 1.81 bits per heavy atom. The summed E-state index contributed by atoms with van der Waals surface area (Å²) in [5.74, 6) is -0.489. The first kappa shape index (κ1) is 17.4. The average molecular weight is 352 g/mol. The van der Waals surface area contributed by atoms with Crippen LogP contribution in [0.1, 0.15) is 28.8 Å². The third-order valence-electron chi connectivity index (χ3n) is 4.03. The molecule has 0 saturated carbocycles. The van der Waals surface area contributed by atoms with Gasteiger partial charge in [0.25, 0.3) is 5.91 Å². The van der Waals surface area contributed by atoms with Crippen LogP contribution in [0.2, 0.25) is 0 Å². The molecule has 3 N–H and O–H groups in total. The van der Waals surface area contributed by atoms with E-state index in [1.807, 2.05) is 20.9 Å². The number of amides is 2. The van der Waals surface area contributed by atoms with Gasteiger partial charge in [0, 0.05) is 36.6 Å². The van der Waals surface area contributed by atoms with Crippen molar-refractivity contribution in [3.05, 3.63) is 47.4 Å². The summed E-state index contributed by atoms with van der Waals surface area (Å²) in [4.78, 5) is 23.6. The molecule has 134 valence electrons. The van der Waals surface area contributed by atoms with Crippen LogP contribution in [0.3, 0.4) is 0 Å². The molecule has 3 rings (SSSR count). The molecular formula is C18H20N6O2. The van der Waals surface area contributed by atoms with Crippen LogP contribution in [0.4, 0.5) is 11.4 Å². The SMILES string of the molecule is CC(=O)Nc1cccc(NC(=O)c2cc(-c3c(C)nn(C)c3C)n[nH]2)c1. The first-order valence-corrected chi connectivity index (χ1v) is 8.10. The molecule has 0 saturated heterocycles. The van der Waals surface area contributed by atoms with Gasteiger partial charge in [-0.3, -0.25) is 19.4 Å². The monoisotopic (exact) mass is 352 g/mol. The number of rotatable bonds is 4. The summed E-state index contributed by atoms with van der Waals surface area (Å²) in [6.07, 6.45) is 0.